The predicted octanol–water partition coefficient (Wildman–Crippen LogP) is 3.25. The van der Waals surface area contributed by atoms with Crippen molar-refractivity contribution in [3.8, 4) is 0 Å². The SMILES string of the molecule is Cc1nc2cc3c4c(n(CCCS(=O)(=O)O)c3cc2o1)CCCC4. The Hall–Kier alpha value is -1.86. The smallest absolute Gasteiger partial charge is 0.264 e. The molecule has 2 heterocycles. The number of benzene rings is 1. The van der Waals surface area contributed by atoms with Gasteiger partial charge in [0.1, 0.15) is 5.52 Å². The monoisotopic (exact) mass is 348 g/mol. The Morgan fingerprint density at radius 3 is 2.88 bits per heavy atom. The fourth-order valence-corrected chi connectivity index (χ4v) is 4.32. The third-order valence-corrected chi connectivity index (χ3v) is 5.58. The van der Waals surface area contributed by atoms with Crippen LogP contribution in [0.3, 0.4) is 0 Å². The highest BCUT2D eigenvalue weighted by atomic mass is 32.2. The van der Waals surface area contributed by atoms with Gasteiger partial charge < -0.3 is 8.98 Å². The van der Waals surface area contributed by atoms with E-state index in [-0.39, 0.29) is 5.75 Å². The van der Waals surface area contributed by atoms with Crippen molar-refractivity contribution in [3.05, 3.63) is 29.3 Å². The fraction of sp³-hybridized carbons (Fsp3) is 0.471. The summed E-state index contributed by atoms with van der Waals surface area (Å²) in [5.41, 5.74) is 5.33. The van der Waals surface area contributed by atoms with Gasteiger partial charge in [-0.15, -0.1) is 0 Å². The van der Waals surface area contributed by atoms with E-state index in [1.54, 1.807) is 0 Å². The minimum Gasteiger partial charge on any atom is -0.441 e. The third-order valence-electron chi connectivity index (χ3n) is 4.78. The molecule has 0 atom stereocenters. The molecular formula is C17H20N2O4S. The van der Waals surface area contributed by atoms with Gasteiger partial charge in [0.05, 0.1) is 11.3 Å². The van der Waals surface area contributed by atoms with Crippen LogP contribution in [0.15, 0.2) is 16.5 Å². The summed E-state index contributed by atoms with van der Waals surface area (Å²) in [6, 6.07) is 4.10. The van der Waals surface area contributed by atoms with E-state index in [1.165, 1.54) is 23.1 Å². The molecule has 0 bridgehead atoms. The number of rotatable bonds is 4. The minimum absolute atomic E-state index is 0.217. The van der Waals surface area contributed by atoms with E-state index >= 15 is 0 Å². The zero-order chi connectivity index (χ0) is 16.9. The summed E-state index contributed by atoms with van der Waals surface area (Å²) < 4.78 is 38.9. The van der Waals surface area contributed by atoms with E-state index in [4.69, 9.17) is 8.97 Å². The molecule has 6 nitrogen and oxygen atoms in total. The van der Waals surface area contributed by atoms with Crippen LogP contribution in [0.1, 0.15) is 36.4 Å². The molecule has 1 aliphatic rings. The lowest BCUT2D eigenvalue weighted by Crippen LogP contribution is -2.12. The highest BCUT2D eigenvalue weighted by Crippen LogP contribution is 2.35. The summed E-state index contributed by atoms with van der Waals surface area (Å²) in [6.45, 7) is 2.41. The number of aromatic nitrogens is 2. The molecule has 0 aliphatic heterocycles. The number of hydrogen-bond acceptors (Lipinski definition) is 4. The van der Waals surface area contributed by atoms with Crippen molar-refractivity contribution in [2.45, 2.75) is 45.6 Å². The van der Waals surface area contributed by atoms with Crippen molar-refractivity contribution in [1.82, 2.24) is 9.55 Å². The third kappa shape index (κ3) is 2.71. The normalized spacial score (nSPS) is 15.2. The molecule has 0 radical (unpaired) electrons. The lowest BCUT2D eigenvalue weighted by molar-refractivity contribution is 0.478. The Balaban J connectivity index is 1.84. The van der Waals surface area contributed by atoms with E-state index in [9.17, 15) is 8.42 Å². The topological polar surface area (TPSA) is 85.3 Å². The number of fused-ring (bicyclic) bond motifs is 4. The lowest BCUT2D eigenvalue weighted by atomic mass is 9.95. The average Bonchev–Trinajstić information content (AvgIpc) is 3.01. The Morgan fingerprint density at radius 1 is 1.29 bits per heavy atom. The van der Waals surface area contributed by atoms with Crippen LogP contribution in [-0.2, 0) is 29.5 Å². The Labute approximate surface area is 140 Å². The molecule has 0 unspecified atom stereocenters. The first-order valence-electron chi connectivity index (χ1n) is 8.29. The van der Waals surface area contributed by atoms with Gasteiger partial charge in [-0.1, -0.05) is 0 Å². The standard InChI is InChI=1S/C17H20N2O4S/c1-11-18-14-9-13-12-5-2-3-6-15(12)19(7-4-8-24(20,21)22)16(13)10-17(14)23-11/h9-10H,2-8H2,1H3,(H,20,21,22). The van der Waals surface area contributed by atoms with Gasteiger partial charge in [0.25, 0.3) is 10.1 Å². The average molecular weight is 348 g/mol. The van der Waals surface area contributed by atoms with Crippen molar-refractivity contribution < 1.29 is 17.4 Å². The molecule has 128 valence electrons. The molecule has 7 heteroatoms. The summed E-state index contributed by atoms with van der Waals surface area (Å²) in [6.07, 6.45) is 4.76. The van der Waals surface area contributed by atoms with Gasteiger partial charge in [0.15, 0.2) is 11.5 Å². The number of oxazole rings is 1. The molecule has 1 N–H and O–H groups in total. The van der Waals surface area contributed by atoms with Crippen LogP contribution < -0.4 is 0 Å². The van der Waals surface area contributed by atoms with Gasteiger partial charge in [-0.25, -0.2) is 4.98 Å². The van der Waals surface area contributed by atoms with Crippen molar-refractivity contribution in [2.24, 2.45) is 0 Å². The van der Waals surface area contributed by atoms with Gasteiger partial charge >= 0.3 is 0 Å². The van der Waals surface area contributed by atoms with Crippen LogP contribution in [0.2, 0.25) is 0 Å². The van der Waals surface area contributed by atoms with Crippen molar-refractivity contribution >= 4 is 32.1 Å². The summed E-state index contributed by atoms with van der Waals surface area (Å²) in [4.78, 5) is 4.43. The van der Waals surface area contributed by atoms with Gasteiger partial charge in [-0.05, 0) is 43.7 Å². The van der Waals surface area contributed by atoms with E-state index in [2.05, 4.69) is 15.6 Å². The van der Waals surface area contributed by atoms with Crippen LogP contribution >= 0.6 is 0 Å². The van der Waals surface area contributed by atoms with Crippen LogP contribution in [0.4, 0.5) is 0 Å². The molecule has 0 saturated heterocycles. The number of aryl methyl sites for hydroxylation is 3. The molecule has 24 heavy (non-hydrogen) atoms. The zero-order valence-corrected chi connectivity index (χ0v) is 14.4. The van der Waals surface area contributed by atoms with E-state index < -0.39 is 10.1 Å². The van der Waals surface area contributed by atoms with Crippen molar-refractivity contribution in [1.29, 1.82) is 0 Å². The molecule has 0 spiro atoms. The number of hydrogen-bond donors (Lipinski definition) is 1. The Morgan fingerprint density at radius 2 is 2.08 bits per heavy atom. The zero-order valence-electron chi connectivity index (χ0n) is 13.6. The second-order valence-corrected chi connectivity index (χ2v) is 8.07. The Kier molecular flexibility index (Phi) is 3.65. The van der Waals surface area contributed by atoms with Gasteiger partial charge in [-0.3, -0.25) is 4.55 Å². The summed E-state index contributed by atoms with van der Waals surface area (Å²) >= 11 is 0. The molecule has 1 aliphatic carbocycles. The molecule has 0 fully saturated rings. The number of nitrogens with zero attached hydrogens (tertiary/aromatic N) is 2. The quantitative estimate of drug-likeness (QED) is 0.732. The maximum atomic E-state index is 11.0. The van der Waals surface area contributed by atoms with Crippen molar-refractivity contribution in [2.75, 3.05) is 5.75 Å². The first-order chi connectivity index (χ1) is 11.4. The molecule has 0 amide bonds. The van der Waals surface area contributed by atoms with Gasteiger partial charge in [0, 0.05) is 30.6 Å². The second-order valence-electron chi connectivity index (χ2n) is 6.49. The highest BCUT2D eigenvalue weighted by Gasteiger charge is 2.21. The predicted molar refractivity (Wildman–Crippen MR) is 91.9 cm³/mol. The molecule has 0 saturated carbocycles. The molecule has 4 rings (SSSR count). The largest absolute Gasteiger partial charge is 0.441 e. The summed E-state index contributed by atoms with van der Waals surface area (Å²) in [7, 11) is -3.93. The Bertz CT molecular complexity index is 1030. The molecule has 1 aromatic carbocycles. The minimum atomic E-state index is -3.93. The second kappa shape index (κ2) is 5.60. The van der Waals surface area contributed by atoms with Crippen molar-refractivity contribution in [3.63, 3.8) is 0 Å². The highest BCUT2D eigenvalue weighted by molar-refractivity contribution is 7.85. The fourth-order valence-electron chi connectivity index (χ4n) is 3.83. The van der Waals surface area contributed by atoms with Crippen LogP contribution in [0, 0.1) is 6.92 Å². The maximum absolute atomic E-state index is 11.0. The maximum Gasteiger partial charge on any atom is 0.264 e. The summed E-state index contributed by atoms with van der Waals surface area (Å²) in [5, 5.41) is 1.19. The summed E-state index contributed by atoms with van der Waals surface area (Å²) in [5.74, 6) is 0.426. The van der Waals surface area contributed by atoms with E-state index in [0.717, 1.165) is 35.9 Å². The molecular weight excluding hydrogens is 328 g/mol. The van der Waals surface area contributed by atoms with Crippen LogP contribution in [-0.4, -0.2) is 28.3 Å². The van der Waals surface area contributed by atoms with Gasteiger partial charge in [0.2, 0.25) is 0 Å². The molecule has 3 aromatic rings. The van der Waals surface area contributed by atoms with E-state index in [1.807, 2.05) is 13.0 Å². The van der Waals surface area contributed by atoms with Crippen LogP contribution in [0.5, 0.6) is 0 Å². The van der Waals surface area contributed by atoms with Crippen LogP contribution in [0.25, 0.3) is 22.0 Å². The first kappa shape index (κ1) is 15.7. The van der Waals surface area contributed by atoms with Gasteiger partial charge in [-0.2, -0.15) is 8.42 Å². The van der Waals surface area contributed by atoms with E-state index in [0.29, 0.717) is 18.9 Å². The first-order valence-corrected chi connectivity index (χ1v) is 9.89. The lowest BCUT2D eigenvalue weighted by Gasteiger charge is -2.15. The molecule has 2 aromatic heterocycles.